The lowest BCUT2D eigenvalue weighted by Crippen LogP contribution is -2.32. The summed E-state index contributed by atoms with van der Waals surface area (Å²) in [6, 6.07) is 0. The minimum Gasteiger partial charge on any atom is -0.344 e. The number of hydrogen-bond donors (Lipinski definition) is 1. The van der Waals surface area contributed by atoms with E-state index >= 15 is 0 Å². The van der Waals surface area contributed by atoms with Gasteiger partial charge in [-0.05, 0) is 13.3 Å². The molecule has 0 aromatic carbocycles. The van der Waals surface area contributed by atoms with E-state index < -0.39 is 5.97 Å². The fourth-order valence-corrected chi connectivity index (χ4v) is 2.87. The van der Waals surface area contributed by atoms with Gasteiger partial charge in [0.05, 0.1) is 6.61 Å². The van der Waals surface area contributed by atoms with Crippen molar-refractivity contribution >= 4 is 0 Å². The maximum atomic E-state index is 9.67. The zero-order valence-corrected chi connectivity index (χ0v) is 16.1. The average molecular weight is 331 g/mol. The first-order valence-electron chi connectivity index (χ1n) is 10.1. The van der Waals surface area contributed by atoms with E-state index in [9.17, 15) is 5.11 Å². The molecule has 0 saturated heterocycles. The Labute approximate surface area is 145 Å². The van der Waals surface area contributed by atoms with Gasteiger partial charge in [0.15, 0.2) is 0 Å². The molecule has 0 rings (SSSR count). The Balaban J connectivity index is 3.11. The molecular formula is C20H42O3. The molecule has 0 heterocycles. The van der Waals surface area contributed by atoms with Gasteiger partial charge in [0.25, 0.3) is 5.97 Å². The van der Waals surface area contributed by atoms with E-state index in [4.69, 9.17) is 9.47 Å². The van der Waals surface area contributed by atoms with Gasteiger partial charge in [0, 0.05) is 13.5 Å². The van der Waals surface area contributed by atoms with Crippen LogP contribution in [0.4, 0.5) is 0 Å². The van der Waals surface area contributed by atoms with Crippen LogP contribution in [-0.2, 0) is 9.47 Å². The van der Waals surface area contributed by atoms with E-state index in [0.29, 0.717) is 13.2 Å². The molecule has 0 amide bonds. The van der Waals surface area contributed by atoms with Gasteiger partial charge >= 0.3 is 0 Å². The number of hydrogen-bond acceptors (Lipinski definition) is 3. The minimum atomic E-state index is -1.41. The van der Waals surface area contributed by atoms with Gasteiger partial charge in [0.1, 0.15) is 0 Å². The first-order chi connectivity index (χ1) is 11.1. The Kier molecular flexibility index (Phi) is 16.6. The summed E-state index contributed by atoms with van der Waals surface area (Å²) in [4.78, 5) is 0. The second-order valence-corrected chi connectivity index (χ2v) is 6.78. The van der Waals surface area contributed by atoms with Gasteiger partial charge in [-0.1, -0.05) is 90.4 Å². The van der Waals surface area contributed by atoms with Crippen molar-refractivity contribution in [2.45, 2.75) is 117 Å². The SMILES string of the molecule is CCCCCCCCCCCCCCCCOC(C)(O)OCC. The fourth-order valence-electron chi connectivity index (χ4n) is 2.87. The predicted octanol–water partition coefficient (Wildman–Crippen LogP) is 6.19. The molecule has 0 radical (unpaired) electrons. The molecular weight excluding hydrogens is 288 g/mol. The molecule has 0 aliphatic heterocycles. The second-order valence-electron chi connectivity index (χ2n) is 6.78. The minimum absolute atomic E-state index is 0.464. The van der Waals surface area contributed by atoms with Gasteiger partial charge in [-0.15, -0.1) is 0 Å². The average Bonchev–Trinajstić information content (AvgIpc) is 2.51. The van der Waals surface area contributed by atoms with Crippen molar-refractivity contribution < 1.29 is 14.6 Å². The van der Waals surface area contributed by atoms with E-state index in [1.165, 1.54) is 83.5 Å². The standard InChI is InChI=1S/C20H42O3/c1-4-6-7-8-9-10-11-12-13-14-15-16-17-18-19-23-20(3,21)22-5-2/h21H,4-19H2,1-3H3. The zero-order chi connectivity index (χ0) is 17.2. The maximum absolute atomic E-state index is 9.67. The molecule has 23 heavy (non-hydrogen) atoms. The molecule has 140 valence electrons. The molecule has 0 aliphatic carbocycles. The van der Waals surface area contributed by atoms with Crippen LogP contribution in [0, 0.1) is 0 Å². The third kappa shape index (κ3) is 18.1. The molecule has 0 saturated carbocycles. The number of unbranched alkanes of at least 4 members (excludes halogenated alkanes) is 13. The first-order valence-corrected chi connectivity index (χ1v) is 10.1. The maximum Gasteiger partial charge on any atom is 0.277 e. The molecule has 3 heteroatoms. The Morgan fingerprint density at radius 1 is 0.609 bits per heavy atom. The van der Waals surface area contributed by atoms with Crippen LogP contribution >= 0.6 is 0 Å². The lowest BCUT2D eigenvalue weighted by atomic mass is 10.0. The Bertz CT molecular complexity index is 229. The third-order valence-corrected chi connectivity index (χ3v) is 4.28. The van der Waals surface area contributed by atoms with Gasteiger partial charge in [-0.2, -0.15) is 0 Å². The Morgan fingerprint density at radius 3 is 1.39 bits per heavy atom. The van der Waals surface area contributed by atoms with Crippen molar-refractivity contribution in [1.29, 1.82) is 0 Å². The third-order valence-electron chi connectivity index (χ3n) is 4.28. The van der Waals surface area contributed by atoms with Crippen LogP contribution in [-0.4, -0.2) is 24.3 Å². The highest BCUT2D eigenvalue weighted by atomic mass is 16.8. The van der Waals surface area contributed by atoms with Crippen LogP contribution in [0.25, 0.3) is 0 Å². The number of aliphatic hydroxyl groups is 1. The van der Waals surface area contributed by atoms with Crippen LogP contribution < -0.4 is 0 Å². The number of ether oxygens (including phenoxy) is 2. The van der Waals surface area contributed by atoms with Gasteiger partial charge in [0.2, 0.25) is 0 Å². The summed E-state index contributed by atoms with van der Waals surface area (Å²) in [6.07, 6.45) is 18.9. The van der Waals surface area contributed by atoms with Gasteiger partial charge in [-0.25, -0.2) is 0 Å². The van der Waals surface area contributed by atoms with Crippen molar-refractivity contribution in [2.24, 2.45) is 0 Å². The zero-order valence-electron chi connectivity index (χ0n) is 16.1. The summed E-state index contributed by atoms with van der Waals surface area (Å²) in [6.45, 7) is 6.72. The summed E-state index contributed by atoms with van der Waals surface area (Å²) in [7, 11) is 0. The molecule has 0 bridgehead atoms. The van der Waals surface area contributed by atoms with E-state index in [2.05, 4.69) is 6.92 Å². The van der Waals surface area contributed by atoms with Crippen molar-refractivity contribution in [3.05, 3.63) is 0 Å². The monoisotopic (exact) mass is 330 g/mol. The summed E-state index contributed by atoms with van der Waals surface area (Å²) in [5.41, 5.74) is 0. The molecule has 0 aromatic heterocycles. The highest BCUT2D eigenvalue weighted by Crippen LogP contribution is 2.13. The molecule has 0 fully saturated rings. The van der Waals surface area contributed by atoms with Crippen LogP contribution in [0.5, 0.6) is 0 Å². The topological polar surface area (TPSA) is 38.7 Å². The molecule has 0 aliphatic rings. The lowest BCUT2D eigenvalue weighted by Gasteiger charge is -2.22. The molecule has 0 aromatic rings. The quantitative estimate of drug-likeness (QED) is 0.241. The van der Waals surface area contributed by atoms with Crippen LogP contribution in [0.3, 0.4) is 0 Å². The molecule has 0 spiro atoms. The van der Waals surface area contributed by atoms with Gasteiger partial charge in [-0.3, -0.25) is 0 Å². The lowest BCUT2D eigenvalue weighted by molar-refractivity contribution is -0.347. The van der Waals surface area contributed by atoms with E-state index in [-0.39, 0.29) is 0 Å². The highest BCUT2D eigenvalue weighted by molar-refractivity contribution is 4.50. The van der Waals surface area contributed by atoms with Crippen LogP contribution in [0.15, 0.2) is 0 Å². The summed E-state index contributed by atoms with van der Waals surface area (Å²) in [5, 5.41) is 9.67. The fraction of sp³-hybridized carbons (Fsp3) is 1.00. The number of rotatable bonds is 18. The molecule has 1 N–H and O–H groups in total. The second kappa shape index (κ2) is 16.7. The van der Waals surface area contributed by atoms with Gasteiger partial charge < -0.3 is 14.6 Å². The molecule has 1 atom stereocenters. The smallest absolute Gasteiger partial charge is 0.277 e. The van der Waals surface area contributed by atoms with Crippen molar-refractivity contribution in [1.82, 2.24) is 0 Å². The summed E-state index contributed by atoms with van der Waals surface area (Å²) in [5.74, 6) is -1.41. The van der Waals surface area contributed by atoms with E-state index in [1.54, 1.807) is 6.92 Å². The molecule has 3 nitrogen and oxygen atoms in total. The summed E-state index contributed by atoms with van der Waals surface area (Å²) >= 11 is 0. The highest BCUT2D eigenvalue weighted by Gasteiger charge is 2.19. The largest absolute Gasteiger partial charge is 0.344 e. The van der Waals surface area contributed by atoms with Crippen molar-refractivity contribution in [3.8, 4) is 0 Å². The van der Waals surface area contributed by atoms with Crippen molar-refractivity contribution in [2.75, 3.05) is 13.2 Å². The van der Waals surface area contributed by atoms with Crippen molar-refractivity contribution in [3.63, 3.8) is 0 Å². The Hall–Kier alpha value is -0.120. The predicted molar refractivity (Wildman–Crippen MR) is 98.5 cm³/mol. The first kappa shape index (κ1) is 22.9. The molecule has 1 unspecified atom stereocenters. The normalized spacial score (nSPS) is 14.1. The Morgan fingerprint density at radius 2 is 1.00 bits per heavy atom. The summed E-state index contributed by atoms with van der Waals surface area (Å²) < 4.78 is 10.4. The van der Waals surface area contributed by atoms with E-state index in [0.717, 1.165) is 6.42 Å². The van der Waals surface area contributed by atoms with E-state index in [1.807, 2.05) is 6.92 Å². The van der Waals surface area contributed by atoms with Crippen LogP contribution in [0.2, 0.25) is 0 Å². The van der Waals surface area contributed by atoms with Crippen LogP contribution in [0.1, 0.15) is 111 Å².